The van der Waals surface area contributed by atoms with Crippen LogP contribution in [0.4, 0.5) is 65.7 Å². The van der Waals surface area contributed by atoms with Crippen molar-refractivity contribution in [3.8, 4) is 0 Å². The number of Topliss-reactive ketones (excluding diaryl/α,β-unsaturated/α-hetero) is 2. The van der Waals surface area contributed by atoms with Gasteiger partial charge in [0.05, 0.1) is 18.1 Å². The molecule has 0 unspecified atom stereocenters. The molecule has 0 spiro atoms. The molecule has 4 N–H and O–H groups in total. The number of pyridine rings is 1. The van der Waals surface area contributed by atoms with Crippen LogP contribution in [0.1, 0.15) is 30.4 Å². The zero-order valence-electron chi connectivity index (χ0n) is 28.0. The Hall–Kier alpha value is -5.78. The van der Waals surface area contributed by atoms with E-state index in [0.717, 1.165) is 53.1 Å². The Balaban J connectivity index is 0.000000404. The van der Waals surface area contributed by atoms with Crippen LogP contribution >= 0.6 is 11.6 Å². The fourth-order valence-electron chi connectivity index (χ4n) is 5.54. The van der Waals surface area contributed by atoms with Crippen molar-refractivity contribution < 1.29 is 45.5 Å². The average molecular weight is 777 g/mol. The number of aromatic nitrogens is 3. The van der Waals surface area contributed by atoms with Gasteiger partial charge in [-0.2, -0.15) is 31.3 Å². The van der Waals surface area contributed by atoms with Crippen molar-refractivity contribution >= 4 is 69.6 Å². The van der Waals surface area contributed by atoms with Crippen molar-refractivity contribution in [1.82, 2.24) is 19.9 Å². The van der Waals surface area contributed by atoms with Gasteiger partial charge in [-0.25, -0.2) is 9.78 Å². The predicted molar refractivity (Wildman–Crippen MR) is 187 cm³/mol. The molecule has 3 amide bonds. The zero-order chi connectivity index (χ0) is 39.0. The Kier molecular flexibility index (Phi) is 12.4. The van der Waals surface area contributed by atoms with Gasteiger partial charge in [-0.1, -0.05) is 29.8 Å². The number of halogens is 7. The molecule has 0 radical (unpaired) electrons. The molecule has 2 aliphatic rings. The van der Waals surface area contributed by atoms with Gasteiger partial charge in [-0.05, 0) is 79.1 Å². The summed E-state index contributed by atoms with van der Waals surface area (Å²) in [4.78, 5) is 60.0. The van der Waals surface area contributed by atoms with E-state index in [-0.39, 0.29) is 17.9 Å². The summed E-state index contributed by atoms with van der Waals surface area (Å²) in [7, 11) is 0. The molecule has 1 fully saturated rings. The van der Waals surface area contributed by atoms with Gasteiger partial charge in [-0.15, -0.1) is 0 Å². The molecule has 2 aromatic heterocycles. The van der Waals surface area contributed by atoms with E-state index in [1.54, 1.807) is 12.4 Å². The first kappa shape index (κ1) is 39.4. The Morgan fingerprint density at radius 2 is 1.50 bits per heavy atom. The number of carbonyl (C=O) groups excluding carboxylic acids is 4. The Morgan fingerprint density at radius 1 is 0.815 bits per heavy atom. The summed E-state index contributed by atoms with van der Waals surface area (Å²) in [5.74, 6) is -5.74. The minimum Gasteiger partial charge on any atom is -0.339 e. The van der Waals surface area contributed by atoms with Crippen LogP contribution in [0.25, 0.3) is 0 Å². The lowest BCUT2D eigenvalue weighted by Gasteiger charge is -2.31. The van der Waals surface area contributed by atoms with E-state index in [0.29, 0.717) is 42.7 Å². The second-order valence-electron chi connectivity index (χ2n) is 12.2. The fraction of sp³-hybridized carbons (Fsp3) is 0.286. The number of nitrogens with zero attached hydrogens (tertiary/aromatic N) is 4. The number of hydrogen-bond donors (Lipinski definition) is 4. The molecule has 1 saturated heterocycles. The van der Waals surface area contributed by atoms with Gasteiger partial charge < -0.3 is 26.2 Å². The molecule has 4 heterocycles. The number of benzene rings is 2. The lowest BCUT2D eigenvalue weighted by atomic mass is 9.93. The highest BCUT2D eigenvalue weighted by atomic mass is 35.5. The minimum absolute atomic E-state index is 0.0292. The molecule has 4 aromatic rings. The molecule has 0 aliphatic carbocycles. The van der Waals surface area contributed by atoms with E-state index in [4.69, 9.17) is 11.6 Å². The number of anilines is 6. The van der Waals surface area contributed by atoms with Crippen LogP contribution in [0.3, 0.4) is 0 Å². The fourth-order valence-corrected chi connectivity index (χ4v) is 5.68. The monoisotopic (exact) mass is 776 g/mol. The van der Waals surface area contributed by atoms with Crippen molar-refractivity contribution in [2.75, 3.05) is 34.4 Å². The number of para-hydroxylation sites is 1. The summed E-state index contributed by atoms with van der Waals surface area (Å²) >= 11 is 6.38. The van der Waals surface area contributed by atoms with Crippen molar-refractivity contribution in [3.05, 3.63) is 89.3 Å². The number of hydrogen-bond acceptors (Lipinski definition) is 9. The van der Waals surface area contributed by atoms with E-state index in [1.165, 1.54) is 0 Å². The maximum atomic E-state index is 13.2. The summed E-state index contributed by atoms with van der Waals surface area (Å²) in [6.45, 7) is 1.25. The van der Waals surface area contributed by atoms with Crippen molar-refractivity contribution in [2.24, 2.45) is 5.92 Å². The molecule has 19 heteroatoms. The highest BCUT2D eigenvalue weighted by Gasteiger charge is 2.54. The number of rotatable bonds is 5. The number of nitrogens with one attached hydrogen (secondary N) is 4. The van der Waals surface area contributed by atoms with Crippen LogP contribution in [0.2, 0.25) is 5.02 Å². The van der Waals surface area contributed by atoms with E-state index >= 15 is 0 Å². The molecular formula is C35H31ClF6N8O4. The molecule has 0 saturated carbocycles. The van der Waals surface area contributed by atoms with E-state index in [9.17, 15) is 45.5 Å². The number of piperidine rings is 1. The average Bonchev–Trinajstić information content (AvgIpc) is 3.13. The lowest BCUT2D eigenvalue weighted by molar-refractivity contribution is -0.193. The number of urea groups is 1. The summed E-state index contributed by atoms with van der Waals surface area (Å²) < 4.78 is 67.0. The highest BCUT2D eigenvalue weighted by Crippen LogP contribution is 2.30. The molecule has 54 heavy (non-hydrogen) atoms. The molecule has 2 aliphatic heterocycles. The largest absolute Gasteiger partial charge is 0.458 e. The standard InChI is InChI=1S/C31H31ClN8O2.C4F6O2/c32-26-19-34-30-36-25-14-21(17-33-18-25)6-7-22-16-24(35-29(26)39-30)8-9-27(22)38-28(41)15-20-10-12-40(13-11-20)31(42)37-23-4-2-1-3-5-23;5-3(6,7)1(11)2(12)4(8,9)10/h1-5,8-9,14,16-20H,6-7,10-13,15H2,(H,37,42)(H,38,41)(H2,34,35,36,39);. The van der Waals surface area contributed by atoms with Crippen LogP contribution < -0.4 is 21.3 Å². The Labute approximate surface area is 308 Å². The first-order chi connectivity index (χ1) is 25.5. The van der Waals surface area contributed by atoms with Gasteiger partial charge >= 0.3 is 30.0 Å². The highest BCUT2D eigenvalue weighted by molar-refractivity contribution is 6.41. The normalized spacial score (nSPS) is 14.3. The van der Waals surface area contributed by atoms with Crippen LogP contribution in [-0.2, 0) is 27.2 Å². The van der Waals surface area contributed by atoms with Gasteiger partial charge in [0.2, 0.25) is 11.9 Å². The molecular weight excluding hydrogens is 746 g/mol. The van der Waals surface area contributed by atoms with Gasteiger partial charge in [0, 0.05) is 42.8 Å². The quantitative estimate of drug-likeness (QED) is 0.118. The van der Waals surface area contributed by atoms with Crippen molar-refractivity contribution in [1.29, 1.82) is 0 Å². The van der Waals surface area contributed by atoms with Crippen molar-refractivity contribution in [2.45, 2.75) is 44.5 Å². The summed E-state index contributed by atoms with van der Waals surface area (Å²) in [6.07, 6.45) is -3.03. The third kappa shape index (κ3) is 10.9. The van der Waals surface area contributed by atoms with Crippen LogP contribution in [0, 0.1) is 5.92 Å². The number of likely N-dealkylation sites (tertiary alicyclic amines) is 1. The van der Waals surface area contributed by atoms with Crippen LogP contribution in [0.5, 0.6) is 0 Å². The maximum Gasteiger partial charge on any atom is 0.458 e. The smallest absolute Gasteiger partial charge is 0.339 e. The second-order valence-corrected chi connectivity index (χ2v) is 12.6. The lowest BCUT2D eigenvalue weighted by Crippen LogP contribution is -2.41. The predicted octanol–water partition coefficient (Wildman–Crippen LogP) is 7.63. The maximum absolute atomic E-state index is 13.2. The first-order valence-corrected chi connectivity index (χ1v) is 16.7. The number of amides is 3. The molecule has 284 valence electrons. The van der Waals surface area contributed by atoms with Gasteiger partial charge in [0.25, 0.3) is 0 Å². The summed E-state index contributed by atoms with van der Waals surface area (Å²) in [5.41, 5.74) is 5.18. The molecule has 0 atom stereocenters. The first-order valence-electron chi connectivity index (χ1n) is 16.3. The molecule has 6 bridgehead atoms. The second kappa shape index (κ2) is 16.9. The third-order valence-corrected chi connectivity index (χ3v) is 8.52. The van der Waals surface area contributed by atoms with Crippen LogP contribution in [0.15, 0.2) is 73.2 Å². The number of ketones is 2. The molecule has 12 nitrogen and oxygen atoms in total. The Bertz CT molecular complexity index is 1980. The number of aryl methyl sites for hydroxylation is 2. The van der Waals surface area contributed by atoms with Gasteiger partial charge in [-0.3, -0.25) is 19.4 Å². The van der Waals surface area contributed by atoms with Crippen LogP contribution in [-0.4, -0.2) is 68.8 Å². The van der Waals surface area contributed by atoms with Gasteiger partial charge in [0.1, 0.15) is 5.02 Å². The summed E-state index contributed by atoms with van der Waals surface area (Å²) in [5, 5.41) is 12.9. The molecule has 6 rings (SSSR count). The topological polar surface area (TPSA) is 158 Å². The van der Waals surface area contributed by atoms with Gasteiger partial charge in [0.15, 0.2) is 5.82 Å². The number of fused-ring (bicyclic) bond motifs is 6. The zero-order valence-corrected chi connectivity index (χ0v) is 28.8. The minimum atomic E-state index is -5.77. The van der Waals surface area contributed by atoms with E-state index < -0.39 is 23.9 Å². The summed E-state index contributed by atoms with van der Waals surface area (Å²) in [6, 6.07) is 17.2. The third-order valence-electron chi connectivity index (χ3n) is 8.24. The SMILES string of the molecule is O=C(C(=O)C(F)(F)F)C(F)(F)F.O=C(CC1CCN(C(=O)Nc2ccccc2)CC1)Nc1ccc2cc1CCc1cncc(c1)Nc1ncc(Cl)c(n1)N2. The molecule has 2 aromatic carbocycles. The van der Waals surface area contributed by atoms with Crippen molar-refractivity contribution in [3.63, 3.8) is 0 Å². The van der Waals surface area contributed by atoms with E-state index in [1.807, 2.05) is 65.7 Å². The number of carbonyl (C=O) groups is 4. The van der Waals surface area contributed by atoms with E-state index in [2.05, 4.69) is 36.2 Å². The Morgan fingerprint density at radius 3 is 2.17 bits per heavy atom. The number of alkyl halides is 6.